The standard InChI is InChI=1S/C20H20O2/c1-2-3-5-13-17-19(21)16-12-8-9-14-18(16)22-20(17)15-10-6-4-7-11-15/h4,6-12,14H,2-3,5,13H2,1H3. The maximum absolute atomic E-state index is 12.9. The summed E-state index contributed by atoms with van der Waals surface area (Å²) in [5, 5.41) is 0.675. The molecule has 0 unspecified atom stereocenters. The molecule has 0 aliphatic heterocycles. The minimum absolute atomic E-state index is 0.108. The third kappa shape index (κ3) is 2.82. The summed E-state index contributed by atoms with van der Waals surface area (Å²) in [5.41, 5.74) is 2.54. The van der Waals surface area contributed by atoms with Crippen molar-refractivity contribution in [3.05, 3.63) is 70.4 Å². The van der Waals surface area contributed by atoms with Crippen molar-refractivity contribution in [3.8, 4) is 11.3 Å². The van der Waals surface area contributed by atoms with Crippen LogP contribution in [-0.4, -0.2) is 0 Å². The number of unbranched alkanes of at least 4 members (excludes halogenated alkanes) is 2. The predicted octanol–water partition coefficient (Wildman–Crippen LogP) is 5.19. The van der Waals surface area contributed by atoms with Crippen LogP contribution in [0.4, 0.5) is 0 Å². The van der Waals surface area contributed by atoms with E-state index in [1.165, 1.54) is 0 Å². The number of hydrogen-bond donors (Lipinski definition) is 0. The molecular weight excluding hydrogens is 272 g/mol. The molecule has 0 N–H and O–H groups in total. The molecule has 1 heterocycles. The van der Waals surface area contributed by atoms with E-state index < -0.39 is 0 Å². The van der Waals surface area contributed by atoms with E-state index >= 15 is 0 Å². The van der Waals surface area contributed by atoms with Gasteiger partial charge in [-0.15, -0.1) is 0 Å². The van der Waals surface area contributed by atoms with Crippen molar-refractivity contribution < 1.29 is 4.42 Å². The van der Waals surface area contributed by atoms with Gasteiger partial charge in [-0.1, -0.05) is 62.2 Å². The SMILES string of the molecule is CCCCCc1c(-c2ccccc2)oc2ccccc2c1=O. The molecule has 0 radical (unpaired) electrons. The van der Waals surface area contributed by atoms with Gasteiger partial charge >= 0.3 is 0 Å². The van der Waals surface area contributed by atoms with Crippen LogP contribution in [0.1, 0.15) is 31.7 Å². The van der Waals surface area contributed by atoms with Crippen molar-refractivity contribution in [3.63, 3.8) is 0 Å². The van der Waals surface area contributed by atoms with Gasteiger partial charge in [0.05, 0.1) is 5.39 Å². The van der Waals surface area contributed by atoms with Gasteiger partial charge < -0.3 is 4.42 Å². The maximum Gasteiger partial charge on any atom is 0.196 e. The van der Waals surface area contributed by atoms with Gasteiger partial charge in [-0.3, -0.25) is 4.79 Å². The van der Waals surface area contributed by atoms with Crippen molar-refractivity contribution >= 4 is 11.0 Å². The fourth-order valence-corrected chi connectivity index (χ4v) is 2.78. The van der Waals surface area contributed by atoms with E-state index in [2.05, 4.69) is 6.92 Å². The average molecular weight is 292 g/mol. The van der Waals surface area contributed by atoms with Crippen LogP contribution in [0.2, 0.25) is 0 Å². The molecule has 2 aromatic carbocycles. The van der Waals surface area contributed by atoms with Crippen LogP contribution < -0.4 is 5.43 Å². The van der Waals surface area contributed by atoms with Gasteiger partial charge in [0.2, 0.25) is 0 Å². The van der Waals surface area contributed by atoms with Gasteiger partial charge in [0, 0.05) is 11.1 Å². The summed E-state index contributed by atoms with van der Waals surface area (Å²) in [7, 11) is 0. The van der Waals surface area contributed by atoms with Crippen LogP contribution in [-0.2, 0) is 6.42 Å². The first-order chi connectivity index (χ1) is 10.8. The molecule has 3 aromatic rings. The summed E-state index contributed by atoms with van der Waals surface area (Å²) >= 11 is 0. The lowest BCUT2D eigenvalue weighted by Gasteiger charge is -2.10. The molecule has 0 atom stereocenters. The largest absolute Gasteiger partial charge is 0.456 e. The zero-order chi connectivity index (χ0) is 15.4. The van der Waals surface area contributed by atoms with Gasteiger partial charge in [-0.05, 0) is 25.0 Å². The zero-order valence-corrected chi connectivity index (χ0v) is 12.8. The lowest BCUT2D eigenvalue weighted by Crippen LogP contribution is -2.11. The maximum atomic E-state index is 12.9. The molecule has 0 aliphatic carbocycles. The van der Waals surface area contributed by atoms with Crippen molar-refractivity contribution in [2.75, 3.05) is 0 Å². The quantitative estimate of drug-likeness (QED) is 0.605. The Morgan fingerprint density at radius 2 is 1.64 bits per heavy atom. The highest BCUT2D eigenvalue weighted by Crippen LogP contribution is 2.26. The first-order valence-electron chi connectivity index (χ1n) is 7.91. The summed E-state index contributed by atoms with van der Waals surface area (Å²) in [6.45, 7) is 2.17. The zero-order valence-electron chi connectivity index (χ0n) is 12.8. The predicted molar refractivity (Wildman–Crippen MR) is 91.1 cm³/mol. The summed E-state index contributed by atoms with van der Waals surface area (Å²) in [6.07, 6.45) is 4.05. The van der Waals surface area contributed by atoms with E-state index in [9.17, 15) is 4.79 Å². The lowest BCUT2D eigenvalue weighted by molar-refractivity contribution is 0.603. The van der Waals surface area contributed by atoms with E-state index in [4.69, 9.17) is 4.42 Å². The molecule has 0 aliphatic rings. The highest BCUT2D eigenvalue weighted by atomic mass is 16.3. The molecule has 0 saturated carbocycles. The monoisotopic (exact) mass is 292 g/mol. The van der Waals surface area contributed by atoms with Crippen LogP contribution in [0.25, 0.3) is 22.3 Å². The minimum Gasteiger partial charge on any atom is -0.456 e. The van der Waals surface area contributed by atoms with E-state index in [1.54, 1.807) is 0 Å². The number of para-hydroxylation sites is 1. The van der Waals surface area contributed by atoms with Crippen LogP contribution in [0.15, 0.2) is 63.8 Å². The Morgan fingerprint density at radius 1 is 0.909 bits per heavy atom. The van der Waals surface area contributed by atoms with E-state index in [0.717, 1.165) is 42.6 Å². The molecule has 112 valence electrons. The number of hydrogen-bond acceptors (Lipinski definition) is 2. The molecule has 3 rings (SSSR count). The van der Waals surface area contributed by atoms with Crippen molar-refractivity contribution in [2.45, 2.75) is 32.6 Å². The number of fused-ring (bicyclic) bond motifs is 1. The fourth-order valence-electron chi connectivity index (χ4n) is 2.78. The molecular formula is C20H20O2. The van der Waals surface area contributed by atoms with Crippen LogP contribution in [0.5, 0.6) is 0 Å². The third-order valence-electron chi connectivity index (χ3n) is 3.96. The Kier molecular flexibility index (Phi) is 4.38. The minimum atomic E-state index is 0.108. The average Bonchev–Trinajstić information content (AvgIpc) is 2.57. The molecule has 0 spiro atoms. The number of benzene rings is 2. The normalized spacial score (nSPS) is 11.0. The van der Waals surface area contributed by atoms with Crippen molar-refractivity contribution in [1.82, 2.24) is 0 Å². The lowest BCUT2D eigenvalue weighted by atomic mass is 10.00. The topological polar surface area (TPSA) is 30.2 Å². The Balaban J connectivity index is 2.19. The molecule has 0 fully saturated rings. The Labute approximate surface area is 130 Å². The van der Waals surface area contributed by atoms with Gasteiger partial charge in [0.25, 0.3) is 0 Å². The molecule has 0 saturated heterocycles. The molecule has 0 amide bonds. The number of rotatable bonds is 5. The summed E-state index contributed by atoms with van der Waals surface area (Å²) < 4.78 is 6.09. The van der Waals surface area contributed by atoms with Crippen molar-refractivity contribution in [1.29, 1.82) is 0 Å². The highest BCUT2D eigenvalue weighted by molar-refractivity contribution is 5.80. The molecule has 2 heteroatoms. The van der Waals surface area contributed by atoms with Crippen LogP contribution >= 0.6 is 0 Å². The van der Waals surface area contributed by atoms with Crippen LogP contribution in [0, 0.1) is 0 Å². The van der Waals surface area contributed by atoms with Crippen LogP contribution in [0.3, 0.4) is 0 Å². The molecule has 0 bridgehead atoms. The van der Waals surface area contributed by atoms with E-state index in [0.29, 0.717) is 11.0 Å². The summed E-state index contributed by atoms with van der Waals surface area (Å²) in [5.74, 6) is 0.723. The highest BCUT2D eigenvalue weighted by Gasteiger charge is 2.15. The Bertz CT molecular complexity index is 816. The second kappa shape index (κ2) is 6.61. The van der Waals surface area contributed by atoms with Crippen molar-refractivity contribution in [2.24, 2.45) is 0 Å². The van der Waals surface area contributed by atoms with Gasteiger partial charge in [-0.25, -0.2) is 0 Å². The fraction of sp³-hybridized carbons (Fsp3) is 0.250. The smallest absolute Gasteiger partial charge is 0.196 e. The second-order valence-corrected chi connectivity index (χ2v) is 5.56. The Hall–Kier alpha value is -2.35. The van der Waals surface area contributed by atoms with Gasteiger partial charge in [0.15, 0.2) is 5.43 Å². The molecule has 1 aromatic heterocycles. The first kappa shape index (κ1) is 14.6. The third-order valence-corrected chi connectivity index (χ3v) is 3.96. The second-order valence-electron chi connectivity index (χ2n) is 5.56. The molecule has 2 nitrogen and oxygen atoms in total. The van der Waals surface area contributed by atoms with E-state index in [-0.39, 0.29) is 5.43 Å². The van der Waals surface area contributed by atoms with E-state index in [1.807, 2.05) is 54.6 Å². The first-order valence-corrected chi connectivity index (χ1v) is 7.91. The summed E-state index contributed by atoms with van der Waals surface area (Å²) in [6, 6.07) is 17.4. The summed E-state index contributed by atoms with van der Waals surface area (Å²) in [4.78, 5) is 12.9. The van der Waals surface area contributed by atoms with Gasteiger partial charge in [0.1, 0.15) is 11.3 Å². The van der Waals surface area contributed by atoms with Gasteiger partial charge in [-0.2, -0.15) is 0 Å². The molecule has 22 heavy (non-hydrogen) atoms. The Morgan fingerprint density at radius 3 is 2.41 bits per heavy atom.